The van der Waals surface area contributed by atoms with Gasteiger partial charge in [-0.1, -0.05) is 11.6 Å². The number of piperidine rings is 1. The van der Waals surface area contributed by atoms with Crippen LogP contribution in [0.25, 0.3) is 11.5 Å². The van der Waals surface area contributed by atoms with Crippen LogP contribution in [0.15, 0.2) is 21.3 Å². The van der Waals surface area contributed by atoms with Gasteiger partial charge in [-0.3, -0.25) is 0 Å². The van der Waals surface area contributed by atoms with Crippen LogP contribution in [0.2, 0.25) is 5.22 Å². The zero-order valence-corrected chi connectivity index (χ0v) is 9.91. The van der Waals surface area contributed by atoms with Crippen molar-refractivity contribution in [1.82, 2.24) is 15.5 Å². The minimum atomic E-state index is 0.187. The molecule has 1 fully saturated rings. The van der Waals surface area contributed by atoms with Crippen LogP contribution in [-0.4, -0.2) is 16.7 Å². The summed E-state index contributed by atoms with van der Waals surface area (Å²) in [6.45, 7) is 1.00. The molecule has 6 heteroatoms. The van der Waals surface area contributed by atoms with Gasteiger partial charge in [0, 0.05) is 0 Å². The average molecular weight is 254 g/mol. The SMILES string of the molecule is Clc1occc1-c1nc(C2CCCCN2)no1. The Morgan fingerprint density at radius 1 is 1.41 bits per heavy atom. The molecule has 0 aromatic carbocycles. The van der Waals surface area contributed by atoms with Crippen LogP contribution in [-0.2, 0) is 0 Å². The molecular formula is C11H12ClN3O2. The maximum Gasteiger partial charge on any atom is 0.262 e. The molecule has 0 aliphatic carbocycles. The summed E-state index contributed by atoms with van der Waals surface area (Å²) >= 11 is 5.86. The van der Waals surface area contributed by atoms with E-state index in [1.54, 1.807) is 6.07 Å². The molecule has 0 bridgehead atoms. The summed E-state index contributed by atoms with van der Waals surface area (Å²) in [5.41, 5.74) is 0.640. The van der Waals surface area contributed by atoms with Gasteiger partial charge in [-0.2, -0.15) is 4.98 Å². The summed E-state index contributed by atoms with van der Waals surface area (Å²) in [6, 6.07) is 1.90. The zero-order valence-electron chi connectivity index (χ0n) is 9.15. The van der Waals surface area contributed by atoms with Gasteiger partial charge in [-0.15, -0.1) is 0 Å². The number of nitrogens with zero attached hydrogens (tertiary/aromatic N) is 2. The van der Waals surface area contributed by atoms with Crippen molar-refractivity contribution in [2.24, 2.45) is 0 Å². The fraction of sp³-hybridized carbons (Fsp3) is 0.455. The topological polar surface area (TPSA) is 64.1 Å². The zero-order chi connectivity index (χ0) is 11.7. The van der Waals surface area contributed by atoms with E-state index in [-0.39, 0.29) is 11.3 Å². The van der Waals surface area contributed by atoms with Gasteiger partial charge in [-0.25, -0.2) is 0 Å². The van der Waals surface area contributed by atoms with Crippen molar-refractivity contribution in [3.05, 3.63) is 23.4 Å². The third kappa shape index (κ3) is 2.08. The lowest BCUT2D eigenvalue weighted by Crippen LogP contribution is -2.27. The molecule has 1 N–H and O–H groups in total. The fourth-order valence-corrected chi connectivity index (χ4v) is 2.20. The Morgan fingerprint density at radius 2 is 2.35 bits per heavy atom. The molecule has 1 aliphatic rings. The van der Waals surface area contributed by atoms with Crippen LogP contribution >= 0.6 is 11.6 Å². The minimum absolute atomic E-state index is 0.187. The molecule has 1 unspecified atom stereocenters. The highest BCUT2D eigenvalue weighted by Crippen LogP contribution is 2.29. The average Bonchev–Trinajstić information content (AvgIpc) is 2.98. The number of aromatic nitrogens is 2. The van der Waals surface area contributed by atoms with Gasteiger partial charge < -0.3 is 14.3 Å². The third-order valence-corrected chi connectivity index (χ3v) is 3.20. The molecule has 0 amide bonds. The first-order valence-electron chi connectivity index (χ1n) is 5.65. The van der Waals surface area contributed by atoms with Crippen LogP contribution in [0, 0.1) is 0 Å². The first kappa shape index (κ1) is 10.8. The molecule has 3 rings (SSSR count). The summed E-state index contributed by atoms with van der Waals surface area (Å²) < 4.78 is 10.2. The number of nitrogens with one attached hydrogen (secondary N) is 1. The van der Waals surface area contributed by atoms with Gasteiger partial charge in [0.1, 0.15) is 0 Å². The first-order valence-corrected chi connectivity index (χ1v) is 6.03. The summed E-state index contributed by atoms with van der Waals surface area (Å²) in [6.07, 6.45) is 4.93. The van der Waals surface area contributed by atoms with Crippen molar-refractivity contribution in [3.63, 3.8) is 0 Å². The Kier molecular flexibility index (Phi) is 2.86. The maximum absolute atomic E-state index is 5.86. The molecule has 90 valence electrons. The number of hydrogen-bond acceptors (Lipinski definition) is 5. The van der Waals surface area contributed by atoms with Gasteiger partial charge in [-0.05, 0) is 37.1 Å². The summed E-state index contributed by atoms with van der Waals surface area (Å²) in [4.78, 5) is 4.35. The highest BCUT2D eigenvalue weighted by atomic mass is 35.5. The van der Waals surface area contributed by atoms with E-state index in [9.17, 15) is 0 Å². The second kappa shape index (κ2) is 4.50. The number of furan rings is 1. The van der Waals surface area contributed by atoms with Crippen LogP contribution in [0.4, 0.5) is 0 Å². The maximum atomic E-state index is 5.86. The lowest BCUT2D eigenvalue weighted by molar-refractivity contribution is 0.367. The molecule has 0 spiro atoms. The van der Waals surface area contributed by atoms with Crippen molar-refractivity contribution in [1.29, 1.82) is 0 Å². The van der Waals surface area contributed by atoms with Gasteiger partial charge >= 0.3 is 0 Å². The van der Waals surface area contributed by atoms with E-state index in [0.29, 0.717) is 17.3 Å². The van der Waals surface area contributed by atoms with E-state index in [4.69, 9.17) is 20.5 Å². The third-order valence-electron chi connectivity index (χ3n) is 2.91. The van der Waals surface area contributed by atoms with E-state index in [2.05, 4.69) is 15.5 Å². The molecule has 2 aromatic rings. The van der Waals surface area contributed by atoms with Crippen LogP contribution < -0.4 is 5.32 Å². The van der Waals surface area contributed by atoms with E-state index >= 15 is 0 Å². The summed E-state index contributed by atoms with van der Waals surface area (Å²) in [7, 11) is 0. The molecule has 1 aliphatic heterocycles. The predicted octanol–water partition coefficient (Wildman–Crippen LogP) is 2.80. The highest BCUT2D eigenvalue weighted by molar-refractivity contribution is 6.31. The standard InChI is InChI=1S/C11H12ClN3O2/c12-9-7(4-6-16-9)11-14-10(15-17-11)8-3-1-2-5-13-8/h4,6,8,13H,1-3,5H2. The van der Waals surface area contributed by atoms with E-state index in [0.717, 1.165) is 13.0 Å². The Labute approximate surface area is 103 Å². The Morgan fingerprint density at radius 3 is 3.06 bits per heavy atom. The molecular weight excluding hydrogens is 242 g/mol. The smallest absolute Gasteiger partial charge is 0.262 e. The normalized spacial score (nSPS) is 20.6. The van der Waals surface area contributed by atoms with E-state index in [1.165, 1.54) is 19.1 Å². The lowest BCUT2D eigenvalue weighted by Gasteiger charge is -2.19. The minimum Gasteiger partial charge on any atom is -0.452 e. The molecule has 0 saturated carbocycles. The van der Waals surface area contributed by atoms with Gasteiger partial charge in [0.05, 0.1) is 17.9 Å². The van der Waals surface area contributed by atoms with Crippen molar-refractivity contribution >= 4 is 11.6 Å². The molecule has 1 atom stereocenters. The molecule has 2 aromatic heterocycles. The number of rotatable bonds is 2. The molecule has 5 nitrogen and oxygen atoms in total. The predicted molar refractivity (Wildman–Crippen MR) is 61.6 cm³/mol. The first-order chi connectivity index (χ1) is 8.34. The van der Waals surface area contributed by atoms with Crippen LogP contribution in [0.3, 0.4) is 0 Å². The largest absolute Gasteiger partial charge is 0.452 e. The monoisotopic (exact) mass is 253 g/mol. The Balaban J connectivity index is 1.85. The van der Waals surface area contributed by atoms with Crippen LogP contribution in [0.1, 0.15) is 31.1 Å². The molecule has 0 radical (unpaired) electrons. The quantitative estimate of drug-likeness (QED) is 0.892. The number of hydrogen-bond donors (Lipinski definition) is 1. The van der Waals surface area contributed by atoms with Crippen molar-refractivity contribution in [2.45, 2.75) is 25.3 Å². The second-order valence-electron chi connectivity index (χ2n) is 4.07. The van der Waals surface area contributed by atoms with Crippen molar-refractivity contribution < 1.29 is 8.94 Å². The summed E-state index contributed by atoms with van der Waals surface area (Å²) in [5.74, 6) is 1.10. The Bertz CT molecular complexity index is 502. The van der Waals surface area contributed by atoms with E-state index < -0.39 is 0 Å². The lowest BCUT2D eigenvalue weighted by atomic mass is 10.0. The Hall–Kier alpha value is -1.33. The van der Waals surface area contributed by atoms with Crippen LogP contribution in [0.5, 0.6) is 0 Å². The second-order valence-corrected chi connectivity index (χ2v) is 4.41. The summed E-state index contributed by atoms with van der Waals surface area (Å²) in [5, 5.41) is 7.63. The van der Waals surface area contributed by atoms with Crippen molar-refractivity contribution in [2.75, 3.05) is 6.54 Å². The highest BCUT2D eigenvalue weighted by Gasteiger charge is 2.22. The van der Waals surface area contributed by atoms with Gasteiger partial charge in [0.25, 0.3) is 5.89 Å². The van der Waals surface area contributed by atoms with Crippen molar-refractivity contribution in [3.8, 4) is 11.5 Å². The number of halogens is 1. The molecule has 17 heavy (non-hydrogen) atoms. The molecule has 1 saturated heterocycles. The van der Waals surface area contributed by atoms with Gasteiger partial charge in [0.15, 0.2) is 5.82 Å². The van der Waals surface area contributed by atoms with Gasteiger partial charge in [0.2, 0.25) is 5.22 Å². The molecule has 3 heterocycles. The van der Waals surface area contributed by atoms with E-state index in [1.807, 2.05) is 0 Å². The fourth-order valence-electron chi connectivity index (χ4n) is 2.00.